The Morgan fingerprint density at radius 1 is 1.03 bits per heavy atom. The molecule has 1 saturated carbocycles. The molecule has 8 heteroatoms. The summed E-state index contributed by atoms with van der Waals surface area (Å²) in [5, 5.41) is 1.01. The standard InChI is InChI=1S/C24H26N4O3S/c1-14-19-15(2)25-21(16-7-8-16)26-22(19)32-20(14)24(30)28-11-9-27(10-12-28)23(29)17-5-4-6-18(13-17)31-3/h4-6,13,16H,7-12H2,1-3H3. The monoisotopic (exact) mass is 450 g/mol. The molecule has 2 fully saturated rings. The van der Waals surface area contributed by atoms with Gasteiger partial charge in [-0.25, -0.2) is 9.97 Å². The highest BCUT2D eigenvalue weighted by Gasteiger charge is 2.31. The summed E-state index contributed by atoms with van der Waals surface area (Å²) in [6, 6.07) is 7.18. The molecule has 0 unspecified atom stereocenters. The van der Waals surface area contributed by atoms with E-state index in [0.29, 0.717) is 43.4 Å². The van der Waals surface area contributed by atoms with Crippen LogP contribution in [0.25, 0.3) is 10.2 Å². The van der Waals surface area contributed by atoms with E-state index in [0.717, 1.165) is 45.0 Å². The van der Waals surface area contributed by atoms with Crippen LogP contribution >= 0.6 is 11.3 Å². The minimum atomic E-state index is -0.0347. The average Bonchev–Trinajstić information content (AvgIpc) is 3.61. The predicted molar refractivity (Wildman–Crippen MR) is 124 cm³/mol. The molecule has 0 radical (unpaired) electrons. The van der Waals surface area contributed by atoms with Gasteiger partial charge >= 0.3 is 0 Å². The first kappa shape index (κ1) is 20.9. The van der Waals surface area contributed by atoms with Gasteiger partial charge in [0.05, 0.1) is 17.7 Å². The quantitative estimate of drug-likeness (QED) is 0.605. The third-order valence-electron chi connectivity index (χ3n) is 6.30. The minimum absolute atomic E-state index is 0.0198. The average molecular weight is 451 g/mol. The maximum absolute atomic E-state index is 13.3. The van der Waals surface area contributed by atoms with Crippen molar-refractivity contribution in [3.63, 3.8) is 0 Å². The van der Waals surface area contributed by atoms with Crippen LogP contribution in [-0.4, -0.2) is 64.9 Å². The van der Waals surface area contributed by atoms with Crippen LogP contribution in [0.2, 0.25) is 0 Å². The molecule has 166 valence electrons. The van der Waals surface area contributed by atoms with Gasteiger partial charge in [-0.1, -0.05) is 6.07 Å². The van der Waals surface area contributed by atoms with Gasteiger partial charge in [0.2, 0.25) is 0 Å². The van der Waals surface area contributed by atoms with Crippen molar-refractivity contribution in [3.05, 3.63) is 51.8 Å². The van der Waals surface area contributed by atoms with E-state index in [1.165, 1.54) is 11.3 Å². The fraction of sp³-hybridized carbons (Fsp3) is 0.417. The Kier molecular flexibility index (Phi) is 5.33. The number of aromatic nitrogens is 2. The van der Waals surface area contributed by atoms with Crippen molar-refractivity contribution in [1.29, 1.82) is 0 Å². The number of amides is 2. The Morgan fingerprint density at radius 2 is 1.72 bits per heavy atom. The Labute approximate surface area is 191 Å². The number of hydrogen-bond acceptors (Lipinski definition) is 6. The van der Waals surface area contributed by atoms with Crippen molar-refractivity contribution in [2.24, 2.45) is 0 Å². The number of hydrogen-bond donors (Lipinski definition) is 0. The van der Waals surface area contributed by atoms with Gasteiger partial charge in [-0.3, -0.25) is 9.59 Å². The molecule has 3 heterocycles. The number of ether oxygens (including phenoxy) is 1. The molecule has 3 aromatic rings. The highest BCUT2D eigenvalue weighted by molar-refractivity contribution is 7.20. The Balaban J connectivity index is 1.31. The first-order valence-corrected chi connectivity index (χ1v) is 11.8. The van der Waals surface area contributed by atoms with Crippen molar-refractivity contribution < 1.29 is 14.3 Å². The normalized spacial score (nSPS) is 16.5. The molecule has 2 aliphatic rings. The number of thiophene rings is 1. The molecule has 2 amide bonds. The van der Waals surface area contributed by atoms with Crippen molar-refractivity contribution in [1.82, 2.24) is 19.8 Å². The highest BCUT2D eigenvalue weighted by Crippen LogP contribution is 2.40. The summed E-state index contributed by atoms with van der Waals surface area (Å²) in [7, 11) is 1.59. The number of fused-ring (bicyclic) bond motifs is 1. The molecule has 32 heavy (non-hydrogen) atoms. The van der Waals surface area contributed by atoms with E-state index < -0.39 is 0 Å². The summed E-state index contributed by atoms with van der Waals surface area (Å²) in [6.07, 6.45) is 2.31. The minimum Gasteiger partial charge on any atom is -0.497 e. The van der Waals surface area contributed by atoms with Gasteiger partial charge in [0.15, 0.2) is 0 Å². The van der Waals surface area contributed by atoms with E-state index in [1.54, 1.807) is 24.1 Å². The summed E-state index contributed by atoms with van der Waals surface area (Å²) in [6.45, 7) is 6.04. The molecule has 0 bridgehead atoms. The third-order valence-corrected chi connectivity index (χ3v) is 7.47. The topological polar surface area (TPSA) is 75.6 Å². The summed E-state index contributed by atoms with van der Waals surface area (Å²) in [4.78, 5) is 40.9. The maximum Gasteiger partial charge on any atom is 0.264 e. The number of benzene rings is 1. The summed E-state index contributed by atoms with van der Waals surface area (Å²) >= 11 is 1.47. The number of piperazine rings is 1. The second-order valence-corrected chi connectivity index (χ2v) is 9.49. The zero-order valence-corrected chi connectivity index (χ0v) is 19.4. The molecular formula is C24H26N4O3S. The van der Waals surface area contributed by atoms with Crippen LogP contribution in [0, 0.1) is 13.8 Å². The van der Waals surface area contributed by atoms with Crippen LogP contribution in [0.5, 0.6) is 5.75 Å². The van der Waals surface area contributed by atoms with E-state index in [-0.39, 0.29) is 11.8 Å². The van der Waals surface area contributed by atoms with E-state index in [9.17, 15) is 9.59 Å². The van der Waals surface area contributed by atoms with E-state index >= 15 is 0 Å². The fourth-order valence-corrected chi connectivity index (χ4v) is 5.49. The lowest BCUT2D eigenvalue weighted by Crippen LogP contribution is -2.50. The SMILES string of the molecule is COc1cccc(C(=O)N2CCN(C(=O)c3sc4nc(C5CC5)nc(C)c4c3C)CC2)c1. The van der Waals surface area contributed by atoms with Crippen molar-refractivity contribution in [2.75, 3.05) is 33.3 Å². The number of rotatable bonds is 4. The largest absolute Gasteiger partial charge is 0.497 e. The summed E-state index contributed by atoms with van der Waals surface area (Å²) in [5.41, 5.74) is 2.52. The van der Waals surface area contributed by atoms with E-state index in [1.807, 2.05) is 30.9 Å². The second kappa shape index (κ2) is 8.16. The van der Waals surface area contributed by atoms with Crippen LogP contribution in [0.15, 0.2) is 24.3 Å². The Hall–Kier alpha value is -3.00. The Bertz CT molecular complexity index is 1210. The lowest BCUT2D eigenvalue weighted by Gasteiger charge is -2.34. The molecule has 2 aromatic heterocycles. The lowest BCUT2D eigenvalue weighted by molar-refractivity contribution is 0.0537. The van der Waals surface area contributed by atoms with Crippen LogP contribution in [0.3, 0.4) is 0 Å². The highest BCUT2D eigenvalue weighted by atomic mass is 32.1. The number of methoxy groups -OCH3 is 1. The van der Waals surface area contributed by atoms with Crippen LogP contribution in [-0.2, 0) is 0 Å². The zero-order chi connectivity index (χ0) is 22.4. The molecule has 5 rings (SSSR count). The first-order valence-electron chi connectivity index (χ1n) is 11.0. The zero-order valence-electron chi connectivity index (χ0n) is 18.6. The van der Waals surface area contributed by atoms with Gasteiger partial charge in [0.25, 0.3) is 11.8 Å². The van der Waals surface area contributed by atoms with Gasteiger partial charge in [-0.2, -0.15) is 0 Å². The van der Waals surface area contributed by atoms with Gasteiger partial charge < -0.3 is 14.5 Å². The number of carbonyl (C=O) groups is 2. The van der Waals surface area contributed by atoms with Gasteiger partial charge in [0.1, 0.15) is 16.4 Å². The van der Waals surface area contributed by atoms with Gasteiger partial charge in [0, 0.05) is 43.0 Å². The lowest BCUT2D eigenvalue weighted by atomic mass is 10.1. The van der Waals surface area contributed by atoms with Crippen molar-refractivity contribution >= 4 is 33.4 Å². The van der Waals surface area contributed by atoms with Crippen molar-refractivity contribution in [3.8, 4) is 5.75 Å². The van der Waals surface area contributed by atoms with Crippen LogP contribution < -0.4 is 4.74 Å². The van der Waals surface area contributed by atoms with Crippen LogP contribution in [0.4, 0.5) is 0 Å². The number of aryl methyl sites for hydroxylation is 2. The smallest absolute Gasteiger partial charge is 0.264 e. The predicted octanol–water partition coefficient (Wildman–Crippen LogP) is 3.79. The van der Waals surface area contributed by atoms with Gasteiger partial charge in [-0.15, -0.1) is 11.3 Å². The molecular weight excluding hydrogens is 424 g/mol. The summed E-state index contributed by atoms with van der Waals surface area (Å²) < 4.78 is 5.23. The number of carbonyl (C=O) groups excluding carboxylic acids is 2. The molecule has 0 atom stereocenters. The maximum atomic E-state index is 13.3. The molecule has 1 aliphatic heterocycles. The fourth-order valence-electron chi connectivity index (χ4n) is 4.28. The molecule has 7 nitrogen and oxygen atoms in total. The molecule has 1 aliphatic carbocycles. The van der Waals surface area contributed by atoms with E-state index in [4.69, 9.17) is 14.7 Å². The molecule has 0 N–H and O–H groups in total. The van der Waals surface area contributed by atoms with Gasteiger partial charge in [-0.05, 0) is 50.5 Å². The van der Waals surface area contributed by atoms with Crippen LogP contribution in [0.1, 0.15) is 55.9 Å². The summed E-state index contributed by atoms with van der Waals surface area (Å²) in [5.74, 6) is 2.04. The first-order chi connectivity index (χ1) is 15.5. The van der Waals surface area contributed by atoms with Crippen molar-refractivity contribution in [2.45, 2.75) is 32.6 Å². The molecule has 1 aromatic carbocycles. The molecule has 0 spiro atoms. The molecule has 1 saturated heterocycles. The third kappa shape index (κ3) is 3.72. The second-order valence-electron chi connectivity index (χ2n) is 8.49. The Morgan fingerprint density at radius 3 is 2.38 bits per heavy atom. The van der Waals surface area contributed by atoms with E-state index in [2.05, 4.69) is 0 Å². The number of nitrogens with zero attached hydrogens (tertiary/aromatic N) is 4.